The van der Waals surface area contributed by atoms with Crippen molar-refractivity contribution in [2.45, 2.75) is 38.9 Å². The predicted octanol–water partition coefficient (Wildman–Crippen LogP) is 5.00. The summed E-state index contributed by atoms with van der Waals surface area (Å²) in [5.74, 6) is 1.52. The quantitative estimate of drug-likeness (QED) is 0.408. The third-order valence-corrected chi connectivity index (χ3v) is 5.58. The van der Waals surface area contributed by atoms with Crippen LogP contribution < -0.4 is 15.4 Å². The minimum absolute atomic E-state index is 0.128. The van der Waals surface area contributed by atoms with Crippen LogP contribution in [0.15, 0.2) is 36.9 Å². The molecule has 1 aliphatic rings. The van der Waals surface area contributed by atoms with Gasteiger partial charge in [-0.15, -0.1) is 0 Å². The zero-order chi connectivity index (χ0) is 22.7. The molecule has 32 heavy (non-hydrogen) atoms. The summed E-state index contributed by atoms with van der Waals surface area (Å²) in [7, 11) is 0. The van der Waals surface area contributed by atoms with Crippen molar-refractivity contribution in [2.24, 2.45) is 11.8 Å². The number of fused-ring (bicyclic) bond motifs is 1. The predicted molar refractivity (Wildman–Crippen MR) is 119 cm³/mol. The molecular formula is C23H28F3N5O. The summed E-state index contributed by atoms with van der Waals surface area (Å²) in [6.07, 6.45) is 5.26. The van der Waals surface area contributed by atoms with Crippen molar-refractivity contribution in [1.82, 2.24) is 20.3 Å². The van der Waals surface area contributed by atoms with Crippen molar-refractivity contribution in [1.29, 1.82) is 0 Å². The summed E-state index contributed by atoms with van der Waals surface area (Å²) >= 11 is 0. The van der Waals surface area contributed by atoms with E-state index in [2.05, 4.69) is 25.6 Å². The topological polar surface area (TPSA) is 74.9 Å². The minimum atomic E-state index is -4.23. The molecule has 0 spiro atoms. The van der Waals surface area contributed by atoms with Crippen LogP contribution in [0.5, 0.6) is 5.75 Å². The lowest BCUT2D eigenvalue weighted by atomic mass is 10.0. The summed E-state index contributed by atoms with van der Waals surface area (Å²) in [5, 5.41) is 6.75. The van der Waals surface area contributed by atoms with Gasteiger partial charge in [-0.1, -0.05) is 13.8 Å². The molecule has 1 saturated carbocycles. The Morgan fingerprint density at radius 3 is 2.72 bits per heavy atom. The highest BCUT2D eigenvalue weighted by Gasteiger charge is 2.27. The molecule has 0 bridgehead atoms. The molecule has 172 valence electrons. The Labute approximate surface area is 185 Å². The summed E-state index contributed by atoms with van der Waals surface area (Å²) in [6.45, 7) is 3.84. The number of nitrogens with zero attached hydrogens (tertiary/aromatic N) is 2. The molecule has 9 heteroatoms. The zero-order valence-electron chi connectivity index (χ0n) is 18.2. The number of anilines is 1. The highest BCUT2D eigenvalue weighted by Crippen LogP contribution is 2.33. The van der Waals surface area contributed by atoms with Gasteiger partial charge in [-0.2, -0.15) is 13.2 Å². The van der Waals surface area contributed by atoms with Gasteiger partial charge in [0.25, 0.3) is 0 Å². The Bertz CT molecular complexity index is 1050. The van der Waals surface area contributed by atoms with Gasteiger partial charge in [0.2, 0.25) is 0 Å². The molecular weight excluding hydrogens is 419 g/mol. The summed E-state index contributed by atoms with van der Waals surface area (Å²) in [6, 6.07) is 3.75. The highest BCUT2D eigenvalue weighted by molar-refractivity contribution is 5.94. The van der Waals surface area contributed by atoms with Crippen molar-refractivity contribution in [3.8, 4) is 16.9 Å². The highest BCUT2D eigenvalue weighted by atomic mass is 19.4. The van der Waals surface area contributed by atoms with Crippen LogP contribution in [0.25, 0.3) is 22.2 Å². The second-order valence-electron chi connectivity index (χ2n) is 8.73. The van der Waals surface area contributed by atoms with E-state index in [9.17, 15) is 13.2 Å². The van der Waals surface area contributed by atoms with E-state index in [0.717, 1.165) is 33.6 Å². The number of nitrogens with one attached hydrogen (secondary N) is 3. The Balaban J connectivity index is 1.50. The minimum Gasteiger partial charge on any atom is -0.492 e. The monoisotopic (exact) mass is 447 g/mol. The summed E-state index contributed by atoms with van der Waals surface area (Å²) in [4.78, 5) is 12.0. The third kappa shape index (κ3) is 5.91. The van der Waals surface area contributed by atoms with Crippen LogP contribution in [0.2, 0.25) is 0 Å². The third-order valence-electron chi connectivity index (χ3n) is 5.58. The van der Waals surface area contributed by atoms with E-state index in [4.69, 9.17) is 4.74 Å². The van der Waals surface area contributed by atoms with Gasteiger partial charge in [0, 0.05) is 47.7 Å². The molecule has 1 unspecified atom stereocenters. The van der Waals surface area contributed by atoms with Gasteiger partial charge >= 0.3 is 6.18 Å². The molecule has 3 aromatic rings. The number of halogens is 3. The number of hydrogen-bond donors (Lipinski definition) is 3. The van der Waals surface area contributed by atoms with Crippen LogP contribution in [-0.4, -0.2) is 46.9 Å². The number of alkyl halides is 3. The fourth-order valence-corrected chi connectivity index (χ4v) is 3.50. The first kappa shape index (κ1) is 22.4. The number of H-pyrrole nitrogens is 1. The molecule has 6 nitrogen and oxygen atoms in total. The lowest BCUT2D eigenvalue weighted by molar-refractivity contribution is -0.124. The van der Waals surface area contributed by atoms with Gasteiger partial charge < -0.3 is 20.4 Å². The number of ether oxygens (including phenoxy) is 1. The van der Waals surface area contributed by atoms with Crippen LogP contribution in [0.4, 0.5) is 18.9 Å². The van der Waals surface area contributed by atoms with Crippen LogP contribution in [0.3, 0.4) is 0 Å². The molecule has 1 fully saturated rings. The first-order valence-corrected chi connectivity index (χ1v) is 10.9. The average Bonchev–Trinajstić information content (AvgIpc) is 3.48. The normalized spacial score (nSPS) is 15.3. The largest absolute Gasteiger partial charge is 0.492 e. The SMILES string of the molecule is CC(C)C(CNCC(F)(F)F)Nc1cncc(-c2c[nH]c3ncc(OCC4CC4)cc23)c1. The maximum Gasteiger partial charge on any atom is 0.401 e. The molecule has 1 atom stereocenters. The fraction of sp³-hybridized carbons (Fsp3) is 0.478. The van der Waals surface area contributed by atoms with E-state index in [1.165, 1.54) is 12.8 Å². The van der Waals surface area contributed by atoms with Crippen molar-refractivity contribution in [2.75, 3.05) is 25.0 Å². The Kier molecular flexibility index (Phi) is 6.55. The van der Waals surface area contributed by atoms with Gasteiger partial charge in [0.15, 0.2) is 0 Å². The first-order chi connectivity index (χ1) is 15.3. The smallest absolute Gasteiger partial charge is 0.401 e. The summed E-state index contributed by atoms with van der Waals surface area (Å²) < 4.78 is 43.3. The van der Waals surface area contributed by atoms with E-state index in [-0.39, 0.29) is 18.5 Å². The molecule has 3 aromatic heterocycles. The molecule has 0 saturated heterocycles. The van der Waals surface area contributed by atoms with E-state index >= 15 is 0 Å². The van der Waals surface area contributed by atoms with E-state index in [0.29, 0.717) is 12.5 Å². The molecule has 1 aliphatic carbocycles. The standard InChI is InChI=1S/C23H28F3N5O/c1-14(2)21(11-28-13-23(24,25)26)31-17-5-16(7-27-8-17)20-10-30-22-19(20)6-18(9-29-22)32-12-15-3-4-15/h5-10,14-15,21,28,31H,3-4,11-13H2,1-2H3,(H,29,30). The zero-order valence-corrected chi connectivity index (χ0v) is 18.2. The molecule has 0 radical (unpaired) electrons. The van der Waals surface area contributed by atoms with Gasteiger partial charge in [0.1, 0.15) is 11.4 Å². The second-order valence-corrected chi connectivity index (χ2v) is 8.73. The first-order valence-electron chi connectivity index (χ1n) is 10.9. The lowest BCUT2D eigenvalue weighted by Gasteiger charge is -2.24. The van der Waals surface area contributed by atoms with Gasteiger partial charge in [0.05, 0.1) is 25.0 Å². The fourth-order valence-electron chi connectivity index (χ4n) is 3.50. The van der Waals surface area contributed by atoms with Gasteiger partial charge in [-0.3, -0.25) is 4.98 Å². The molecule has 0 aromatic carbocycles. The van der Waals surface area contributed by atoms with Crippen molar-refractivity contribution in [3.05, 3.63) is 36.9 Å². The molecule has 0 aliphatic heterocycles. The Hall–Kier alpha value is -2.81. The van der Waals surface area contributed by atoms with Gasteiger partial charge in [-0.05, 0) is 36.8 Å². The van der Waals surface area contributed by atoms with E-state index in [1.807, 2.05) is 32.2 Å². The van der Waals surface area contributed by atoms with Crippen LogP contribution >= 0.6 is 0 Å². The number of aromatic amines is 1. The maximum absolute atomic E-state index is 12.5. The Morgan fingerprint density at radius 1 is 1.19 bits per heavy atom. The molecule has 0 amide bonds. The van der Waals surface area contributed by atoms with Crippen LogP contribution in [-0.2, 0) is 0 Å². The van der Waals surface area contributed by atoms with Gasteiger partial charge in [-0.25, -0.2) is 4.98 Å². The lowest BCUT2D eigenvalue weighted by Crippen LogP contribution is -2.40. The van der Waals surface area contributed by atoms with Crippen LogP contribution in [0, 0.1) is 11.8 Å². The number of pyridine rings is 2. The van der Waals surface area contributed by atoms with E-state index < -0.39 is 12.7 Å². The second kappa shape index (κ2) is 9.36. The maximum atomic E-state index is 12.5. The Morgan fingerprint density at radius 2 is 2.00 bits per heavy atom. The molecule has 3 N–H and O–H groups in total. The number of hydrogen-bond acceptors (Lipinski definition) is 5. The average molecular weight is 448 g/mol. The van der Waals surface area contributed by atoms with Crippen molar-refractivity contribution < 1.29 is 17.9 Å². The van der Waals surface area contributed by atoms with Crippen LogP contribution in [0.1, 0.15) is 26.7 Å². The van der Waals surface area contributed by atoms with E-state index in [1.54, 1.807) is 18.6 Å². The summed E-state index contributed by atoms with van der Waals surface area (Å²) in [5.41, 5.74) is 3.33. The van der Waals surface area contributed by atoms with Crippen molar-refractivity contribution in [3.63, 3.8) is 0 Å². The number of rotatable bonds is 10. The molecule has 3 heterocycles. The molecule has 4 rings (SSSR count). The van der Waals surface area contributed by atoms with Crippen molar-refractivity contribution >= 4 is 16.7 Å². The number of aromatic nitrogens is 3.